The number of aromatic carboxylic acids is 1. The van der Waals surface area contributed by atoms with Gasteiger partial charge in [0.25, 0.3) is 5.91 Å². The minimum absolute atomic E-state index is 0.192. The molecule has 0 radical (unpaired) electrons. The third-order valence-corrected chi connectivity index (χ3v) is 2.90. The Morgan fingerprint density at radius 3 is 2.14 bits per heavy atom. The molecule has 2 aromatic rings. The maximum absolute atomic E-state index is 11.7. The van der Waals surface area contributed by atoms with Gasteiger partial charge in [0.1, 0.15) is 0 Å². The van der Waals surface area contributed by atoms with Crippen molar-refractivity contribution < 1.29 is 14.7 Å². The summed E-state index contributed by atoms with van der Waals surface area (Å²) in [5.41, 5.74) is 3.69. The number of carboxylic acids is 1. The quantitative estimate of drug-likeness (QED) is 0.673. The summed E-state index contributed by atoms with van der Waals surface area (Å²) in [6.45, 7) is 0. The van der Waals surface area contributed by atoms with Crippen molar-refractivity contribution in [3.63, 3.8) is 0 Å². The van der Waals surface area contributed by atoms with Crippen LogP contribution < -0.4 is 5.43 Å². The van der Waals surface area contributed by atoms with Crippen molar-refractivity contribution in [2.45, 2.75) is 0 Å². The standard InChI is InChI=1S/C15H11ClN2O3/c16-13-7-5-11(6-8-13)14(19)18-17-9-10-1-3-12(4-2-10)15(20)21/h1-9H,(H,18,19)(H,20,21)/b17-9-. The van der Waals surface area contributed by atoms with E-state index in [-0.39, 0.29) is 11.5 Å². The van der Waals surface area contributed by atoms with E-state index in [0.29, 0.717) is 16.1 Å². The van der Waals surface area contributed by atoms with Gasteiger partial charge in [0.05, 0.1) is 11.8 Å². The van der Waals surface area contributed by atoms with Crippen LogP contribution in [0.4, 0.5) is 0 Å². The SMILES string of the molecule is O=C(O)c1ccc(/C=N\NC(=O)c2ccc(Cl)cc2)cc1. The molecule has 106 valence electrons. The zero-order chi connectivity index (χ0) is 15.2. The van der Waals surface area contributed by atoms with Crippen molar-refractivity contribution in [2.75, 3.05) is 0 Å². The van der Waals surface area contributed by atoms with Crippen LogP contribution in [0.1, 0.15) is 26.3 Å². The van der Waals surface area contributed by atoms with Crippen molar-refractivity contribution in [2.24, 2.45) is 5.10 Å². The van der Waals surface area contributed by atoms with Gasteiger partial charge in [-0.3, -0.25) is 4.79 Å². The molecule has 0 fully saturated rings. The zero-order valence-electron chi connectivity index (χ0n) is 10.8. The summed E-state index contributed by atoms with van der Waals surface area (Å²) in [5.74, 6) is -1.35. The molecule has 2 N–H and O–H groups in total. The summed E-state index contributed by atoms with van der Waals surface area (Å²) in [6.07, 6.45) is 1.43. The lowest BCUT2D eigenvalue weighted by Gasteiger charge is -2.00. The number of carbonyl (C=O) groups excluding carboxylic acids is 1. The van der Waals surface area contributed by atoms with E-state index in [4.69, 9.17) is 16.7 Å². The Hall–Kier alpha value is -2.66. The number of benzene rings is 2. The van der Waals surface area contributed by atoms with Gasteiger partial charge in [-0.2, -0.15) is 5.10 Å². The van der Waals surface area contributed by atoms with Gasteiger partial charge in [-0.05, 0) is 42.0 Å². The van der Waals surface area contributed by atoms with Crippen molar-refractivity contribution in [3.05, 3.63) is 70.2 Å². The lowest BCUT2D eigenvalue weighted by atomic mass is 10.1. The molecule has 0 bridgehead atoms. The maximum Gasteiger partial charge on any atom is 0.335 e. The molecular weight excluding hydrogens is 292 g/mol. The van der Waals surface area contributed by atoms with E-state index in [0.717, 1.165) is 0 Å². The Morgan fingerprint density at radius 2 is 1.57 bits per heavy atom. The molecule has 2 rings (SSSR count). The number of hydrazone groups is 1. The van der Waals surface area contributed by atoms with Crippen LogP contribution in [-0.2, 0) is 0 Å². The van der Waals surface area contributed by atoms with E-state index < -0.39 is 5.97 Å². The number of nitrogens with one attached hydrogen (secondary N) is 1. The second-order valence-corrected chi connectivity index (χ2v) is 4.57. The maximum atomic E-state index is 11.7. The number of carbonyl (C=O) groups is 2. The van der Waals surface area contributed by atoms with Gasteiger partial charge >= 0.3 is 5.97 Å². The van der Waals surface area contributed by atoms with Gasteiger partial charge < -0.3 is 5.11 Å². The minimum Gasteiger partial charge on any atom is -0.478 e. The third kappa shape index (κ3) is 4.15. The fraction of sp³-hybridized carbons (Fsp3) is 0. The highest BCUT2D eigenvalue weighted by molar-refractivity contribution is 6.30. The fourth-order valence-corrected chi connectivity index (χ4v) is 1.67. The molecular formula is C15H11ClN2O3. The summed E-state index contributed by atoms with van der Waals surface area (Å²) in [4.78, 5) is 22.4. The second kappa shape index (κ2) is 6.67. The lowest BCUT2D eigenvalue weighted by molar-refractivity contribution is 0.0696. The van der Waals surface area contributed by atoms with Gasteiger partial charge in [-0.1, -0.05) is 23.7 Å². The van der Waals surface area contributed by atoms with Gasteiger partial charge in [0.15, 0.2) is 0 Å². The van der Waals surface area contributed by atoms with Crippen molar-refractivity contribution in [1.82, 2.24) is 5.43 Å². The molecule has 0 atom stereocenters. The second-order valence-electron chi connectivity index (χ2n) is 4.13. The Bertz CT molecular complexity index is 679. The van der Waals surface area contributed by atoms with Crippen LogP contribution in [0, 0.1) is 0 Å². The molecule has 5 nitrogen and oxygen atoms in total. The first kappa shape index (κ1) is 14.7. The first-order chi connectivity index (χ1) is 10.1. The first-order valence-electron chi connectivity index (χ1n) is 5.98. The molecule has 21 heavy (non-hydrogen) atoms. The van der Waals surface area contributed by atoms with Crippen LogP contribution in [0.2, 0.25) is 5.02 Å². The zero-order valence-corrected chi connectivity index (χ0v) is 11.5. The number of amides is 1. The predicted molar refractivity (Wildman–Crippen MR) is 79.9 cm³/mol. The van der Waals surface area contributed by atoms with E-state index in [1.165, 1.54) is 18.3 Å². The van der Waals surface area contributed by atoms with Gasteiger partial charge in [-0.25, -0.2) is 10.2 Å². The summed E-state index contributed by atoms with van der Waals surface area (Å²) >= 11 is 5.73. The lowest BCUT2D eigenvalue weighted by Crippen LogP contribution is -2.17. The van der Waals surface area contributed by atoms with Gasteiger partial charge in [0.2, 0.25) is 0 Å². The minimum atomic E-state index is -0.991. The van der Waals surface area contributed by atoms with Gasteiger partial charge in [0, 0.05) is 10.6 Å². The van der Waals surface area contributed by atoms with Crippen LogP contribution in [0.25, 0.3) is 0 Å². The Labute approximate surface area is 125 Å². The van der Waals surface area contributed by atoms with E-state index in [1.54, 1.807) is 36.4 Å². The largest absolute Gasteiger partial charge is 0.478 e. The highest BCUT2D eigenvalue weighted by Gasteiger charge is 2.03. The number of hydrogen-bond donors (Lipinski definition) is 2. The highest BCUT2D eigenvalue weighted by Crippen LogP contribution is 2.09. The molecule has 0 spiro atoms. The van der Waals surface area contributed by atoms with Crippen LogP contribution in [0.5, 0.6) is 0 Å². The highest BCUT2D eigenvalue weighted by atomic mass is 35.5. The summed E-state index contributed by atoms with van der Waals surface area (Å²) in [7, 11) is 0. The van der Waals surface area contributed by atoms with E-state index in [1.807, 2.05) is 0 Å². The monoisotopic (exact) mass is 302 g/mol. The number of hydrogen-bond acceptors (Lipinski definition) is 3. The Kier molecular flexibility index (Phi) is 4.68. The van der Waals surface area contributed by atoms with E-state index in [9.17, 15) is 9.59 Å². The fourth-order valence-electron chi connectivity index (χ4n) is 1.54. The molecule has 0 aliphatic heterocycles. The summed E-state index contributed by atoms with van der Waals surface area (Å²) in [5, 5.41) is 13.1. The molecule has 0 unspecified atom stereocenters. The number of rotatable bonds is 4. The molecule has 0 heterocycles. The van der Waals surface area contributed by atoms with Crippen LogP contribution >= 0.6 is 11.6 Å². The molecule has 0 saturated carbocycles. The molecule has 0 aliphatic rings. The van der Waals surface area contributed by atoms with Crippen LogP contribution in [0.15, 0.2) is 53.6 Å². The van der Waals surface area contributed by atoms with Crippen molar-refractivity contribution in [3.8, 4) is 0 Å². The average molecular weight is 303 g/mol. The molecule has 0 aliphatic carbocycles. The summed E-state index contributed by atoms with van der Waals surface area (Å²) < 4.78 is 0. The smallest absolute Gasteiger partial charge is 0.335 e. The first-order valence-corrected chi connectivity index (χ1v) is 6.36. The van der Waals surface area contributed by atoms with Crippen LogP contribution in [-0.4, -0.2) is 23.2 Å². The number of carboxylic acid groups (broad SMARTS) is 1. The Balaban J connectivity index is 1.97. The third-order valence-electron chi connectivity index (χ3n) is 2.64. The molecule has 0 aromatic heterocycles. The Morgan fingerprint density at radius 1 is 1.00 bits per heavy atom. The molecule has 6 heteroatoms. The van der Waals surface area contributed by atoms with E-state index in [2.05, 4.69) is 10.5 Å². The number of nitrogens with zero attached hydrogens (tertiary/aromatic N) is 1. The van der Waals surface area contributed by atoms with Crippen LogP contribution in [0.3, 0.4) is 0 Å². The molecule has 0 saturated heterocycles. The van der Waals surface area contributed by atoms with E-state index >= 15 is 0 Å². The molecule has 2 aromatic carbocycles. The van der Waals surface area contributed by atoms with Crippen molar-refractivity contribution in [1.29, 1.82) is 0 Å². The predicted octanol–water partition coefficient (Wildman–Crippen LogP) is 2.80. The van der Waals surface area contributed by atoms with Crippen molar-refractivity contribution >= 4 is 29.7 Å². The normalized spacial score (nSPS) is 10.5. The topological polar surface area (TPSA) is 78.8 Å². The average Bonchev–Trinajstić information content (AvgIpc) is 2.48. The van der Waals surface area contributed by atoms with Gasteiger partial charge in [-0.15, -0.1) is 0 Å². The molecule has 1 amide bonds. The number of halogens is 1. The summed E-state index contributed by atoms with van der Waals surface area (Å²) in [6, 6.07) is 12.5.